The number of rotatable bonds is 9. The summed E-state index contributed by atoms with van der Waals surface area (Å²) in [6.45, 7) is 6.49. The number of carbonyl (C=O) groups is 1. The lowest BCUT2D eigenvalue weighted by atomic mass is 9.46. The molecule has 3 aromatic carbocycles. The van der Waals surface area contributed by atoms with Gasteiger partial charge in [0.1, 0.15) is 23.7 Å². The number of alkyl halides is 2. The van der Waals surface area contributed by atoms with Gasteiger partial charge < -0.3 is 14.2 Å². The van der Waals surface area contributed by atoms with Crippen molar-refractivity contribution in [1.82, 2.24) is 9.80 Å². The number of piperidine rings is 1. The van der Waals surface area contributed by atoms with E-state index in [0.29, 0.717) is 55.3 Å². The maximum absolute atomic E-state index is 18.0. The van der Waals surface area contributed by atoms with Gasteiger partial charge in [-0.2, -0.15) is 0 Å². The zero-order valence-corrected chi connectivity index (χ0v) is 28.4. The second kappa shape index (κ2) is 11.3. The molecule has 3 fully saturated rings. The van der Waals surface area contributed by atoms with E-state index >= 15 is 8.78 Å². The second-order valence-electron chi connectivity index (χ2n) is 15.9. The average Bonchev–Trinajstić information content (AvgIpc) is 3.79. The van der Waals surface area contributed by atoms with Gasteiger partial charge in [-0.3, -0.25) is 14.6 Å². The molecule has 8 rings (SSSR count). The van der Waals surface area contributed by atoms with Gasteiger partial charge in [0.2, 0.25) is 0 Å². The Kier molecular flexibility index (Phi) is 7.46. The van der Waals surface area contributed by atoms with Crippen molar-refractivity contribution in [1.29, 1.82) is 0 Å². The Morgan fingerprint density at radius 2 is 1.67 bits per heavy atom. The monoisotopic (exact) mass is 656 g/mol. The lowest BCUT2D eigenvalue weighted by Gasteiger charge is -2.67. The topological polar surface area (TPSA) is 51.2 Å². The minimum atomic E-state index is -3.26. The van der Waals surface area contributed by atoms with Crippen LogP contribution in [0.2, 0.25) is 0 Å². The maximum Gasteiger partial charge on any atom is 0.311 e. The number of ether oxygens (including phenoxy) is 3. The number of halogens is 2. The normalized spacial score (nSPS) is 30.0. The van der Waals surface area contributed by atoms with Gasteiger partial charge in [0, 0.05) is 24.7 Å². The molecule has 1 spiro atoms. The molecule has 3 aliphatic carbocycles. The van der Waals surface area contributed by atoms with Crippen LogP contribution in [-0.2, 0) is 34.5 Å². The molecule has 2 aliphatic heterocycles. The van der Waals surface area contributed by atoms with Crippen molar-refractivity contribution in [3.8, 4) is 11.5 Å². The summed E-state index contributed by atoms with van der Waals surface area (Å²) in [6.07, 6.45) is 2.55. The molecule has 8 heteroatoms. The van der Waals surface area contributed by atoms with Crippen molar-refractivity contribution >= 4 is 5.97 Å². The minimum Gasteiger partial charge on any atom is -0.485 e. The van der Waals surface area contributed by atoms with Gasteiger partial charge in [0.15, 0.2) is 11.5 Å². The first-order chi connectivity index (χ1) is 22.9. The Morgan fingerprint density at radius 1 is 0.979 bits per heavy atom. The summed E-state index contributed by atoms with van der Waals surface area (Å²) in [5.74, 6) is -2.46. The molecule has 48 heavy (non-hydrogen) atoms. The average molecular weight is 657 g/mol. The van der Waals surface area contributed by atoms with E-state index in [9.17, 15) is 4.79 Å². The fraction of sp³-hybridized carbons (Fsp3) is 0.525. The van der Waals surface area contributed by atoms with Crippen molar-refractivity contribution in [3.63, 3.8) is 0 Å². The Balaban J connectivity index is 1.31. The van der Waals surface area contributed by atoms with Gasteiger partial charge in [-0.15, -0.1) is 0 Å². The fourth-order valence-electron chi connectivity index (χ4n) is 9.26. The third kappa shape index (κ3) is 4.80. The number of carbonyl (C=O) groups excluding carboxylic acids is 1. The minimum absolute atomic E-state index is 0.281. The van der Waals surface area contributed by atoms with Gasteiger partial charge in [-0.25, -0.2) is 8.78 Å². The molecule has 5 atom stereocenters. The first-order valence-electron chi connectivity index (χ1n) is 17.5. The van der Waals surface area contributed by atoms with E-state index in [2.05, 4.69) is 17.0 Å². The van der Waals surface area contributed by atoms with Crippen LogP contribution in [0.5, 0.6) is 11.5 Å². The number of hydrogen-bond donors (Lipinski definition) is 0. The first kappa shape index (κ1) is 31.8. The molecule has 5 aliphatic rings. The highest BCUT2D eigenvalue weighted by molar-refractivity contribution is 5.77. The van der Waals surface area contributed by atoms with E-state index in [1.807, 2.05) is 72.6 Å². The highest BCUT2D eigenvalue weighted by Gasteiger charge is 2.85. The molecular formula is C40H46F2N2O4. The molecular weight excluding hydrogens is 610 g/mol. The molecule has 6 nitrogen and oxygen atoms in total. The van der Waals surface area contributed by atoms with Crippen molar-refractivity contribution in [2.24, 2.45) is 11.3 Å². The molecule has 0 amide bonds. The van der Waals surface area contributed by atoms with Crippen LogP contribution in [0.4, 0.5) is 8.78 Å². The summed E-state index contributed by atoms with van der Waals surface area (Å²) in [5, 5.41) is 0. The summed E-state index contributed by atoms with van der Waals surface area (Å²) in [6, 6.07) is 23.0. The van der Waals surface area contributed by atoms with Crippen LogP contribution < -0.4 is 9.47 Å². The largest absolute Gasteiger partial charge is 0.485 e. The molecule has 2 heterocycles. The van der Waals surface area contributed by atoms with Gasteiger partial charge in [-0.05, 0) is 88.6 Å². The molecule has 2 bridgehead atoms. The van der Waals surface area contributed by atoms with Gasteiger partial charge in [-0.1, -0.05) is 66.7 Å². The van der Waals surface area contributed by atoms with Gasteiger partial charge in [0.25, 0.3) is 5.92 Å². The molecule has 3 aromatic rings. The van der Waals surface area contributed by atoms with Gasteiger partial charge >= 0.3 is 5.97 Å². The van der Waals surface area contributed by atoms with Crippen LogP contribution >= 0.6 is 0 Å². The fourth-order valence-corrected chi connectivity index (χ4v) is 9.26. The maximum atomic E-state index is 18.0. The van der Waals surface area contributed by atoms with Crippen LogP contribution in [0.1, 0.15) is 68.7 Å². The molecule has 0 radical (unpaired) electrons. The summed E-state index contributed by atoms with van der Waals surface area (Å²) >= 11 is 0. The zero-order chi connectivity index (χ0) is 33.5. The third-order valence-electron chi connectivity index (χ3n) is 11.6. The lowest BCUT2D eigenvalue weighted by Crippen LogP contribution is -2.85. The SMILES string of the molecule is CN(Cc1ccccc1)[C@@H]1CC[C@@]2(OC(=O)C(C)(C)C)[C@@H]3Cc4ccc(OCc5ccccc5)c5c4[C@]2([C@H]1O5)C(F)(F)CN3CC1CC1. The van der Waals surface area contributed by atoms with E-state index in [-0.39, 0.29) is 25.2 Å². The van der Waals surface area contributed by atoms with Crippen LogP contribution in [0.25, 0.3) is 0 Å². The number of likely N-dealkylation sites (N-methyl/N-ethyl adjacent to an activating group) is 1. The standard InChI is InChI=1S/C40H46F2N2O4/c1-37(2,3)36(45)48-38-20-19-30(43(4)22-26-11-7-5-8-12-26)35-40(38)33-29(21-32(38)44(23-27-15-16-27)25-39(40,41)42)17-18-31(34(33)47-35)46-24-28-13-9-6-10-14-28/h5-14,17-18,27,30,32,35H,15-16,19-25H2,1-4H3/t30-,32+,35+,38-,40-/m1/s1. The van der Waals surface area contributed by atoms with E-state index in [1.54, 1.807) is 20.8 Å². The van der Waals surface area contributed by atoms with E-state index in [0.717, 1.165) is 29.5 Å². The van der Waals surface area contributed by atoms with Gasteiger partial charge in [0.05, 0.1) is 18.0 Å². The summed E-state index contributed by atoms with van der Waals surface area (Å²) in [4.78, 5) is 18.2. The lowest BCUT2D eigenvalue weighted by molar-refractivity contribution is -0.297. The van der Waals surface area contributed by atoms with E-state index in [4.69, 9.17) is 14.2 Å². The van der Waals surface area contributed by atoms with Crippen molar-refractivity contribution in [2.45, 2.75) is 101 Å². The smallest absolute Gasteiger partial charge is 0.311 e. The molecule has 0 N–H and O–H groups in total. The highest BCUT2D eigenvalue weighted by Crippen LogP contribution is 2.71. The number of nitrogens with zero attached hydrogens (tertiary/aromatic N) is 2. The molecule has 0 aromatic heterocycles. The Morgan fingerprint density at radius 3 is 2.33 bits per heavy atom. The number of esters is 1. The Bertz CT molecular complexity index is 1690. The van der Waals surface area contributed by atoms with E-state index in [1.165, 1.54) is 0 Å². The summed E-state index contributed by atoms with van der Waals surface area (Å²) in [5.41, 5.74) is -0.806. The Hall–Kier alpha value is -3.49. The molecule has 254 valence electrons. The predicted octanol–water partition coefficient (Wildman–Crippen LogP) is 7.17. The Labute approximate surface area is 282 Å². The number of benzene rings is 3. The van der Waals surface area contributed by atoms with Crippen LogP contribution in [0, 0.1) is 11.3 Å². The quantitative estimate of drug-likeness (QED) is 0.228. The zero-order valence-electron chi connectivity index (χ0n) is 28.4. The highest BCUT2D eigenvalue weighted by atomic mass is 19.3. The summed E-state index contributed by atoms with van der Waals surface area (Å²) < 4.78 is 56.0. The molecule has 2 saturated carbocycles. The number of likely N-dealkylation sites (tertiary alicyclic amines) is 1. The van der Waals surface area contributed by atoms with Crippen molar-refractivity contribution in [3.05, 3.63) is 95.1 Å². The van der Waals surface area contributed by atoms with Crippen molar-refractivity contribution < 1.29 is 27.8 Å². The number of hydrogen-bond acceptors (Lipinski definition) is 6. The molecule has 0 unspecified atom stereocenters. The van der Waals surface area contributed by atoms with Crippen LogP contribution in [0.3, 0.4) is 0 Å². The predicted molar refractivity (Wildman–Crippen MR) is 179 cm³/mol. The third-order valence-corrected chi connectivity index (χ3v) is 11.6. The molecule has 1 saturated heterocycles. The van der Waals surface area contributed by atoms with Crippen LogP contribution in [0.15, 0.2) is 72.8 Å². The summed E-state index contributed by atoms with van der Waals surface area (Å²) in [7, 11) is 2.00. The second-order valence-corrected chi connectivity index (χ2v) is 15.9. The van der Waals surface area contributed by atoms with E-state index < -0.39 is 34.4 Å². The van der Waals surface area contributed by atoms with Crippen LogP contribution in [-0.4, -0.2) is 65.6 Å². The first-order valence-corrected chi connectivity index (χ1v) is 17.5. The van der Waals surface area contributed by atoms with Crippen molar-refractivity contribution in [2.75, 3.05) is 20.1 Å².